The van der Waals surface area contributed by atoms with Crippen molar-refractivity contribution >= 4 is 6.03 Å². The fraction of sp³-hybridized carbons (Fsp3) is 0.611. The molecule has 1 fully saturated rings. The van der Waals surface area contributed by atoms with Crippen molar-refractivity contribution in [2.24, 2.45) is 0 Å². The van der Waals surface area contributed by atoms with Gasteiger partial charge in [0, 0.05) is 32.7 Å². The Balaban J connectivity index is 1.43. The standard InChI is InChI=1S/C18H27N3O4/c1-14(11-21-7-9-23-10-8-21)19-18(22)20(2)12-15-13-24-16-5-3-4-6-17(16)25-15/h3-6,14-15H,7-13H2,1-2H3,(H,19,22)/t14-,15+/m1/s1. The van der Waals surface area contributed by atoms with Gasteiger partial charge in [-0.25, -0.2) is 4.79 Å². The predicted octanol–water partition coefficient (Wildman–Crippen LogP) is 1.19. The molecule has 0 spiro atoms. The topological polar surface area (TPSA) is 63.3 Å². The highest BCUT2D eigenvalue weighted by molar-refractivity contribution is 5.74. The van der Waals surface area contributed by atoms with Crippen LogP contribution in [0.1, 0.15) is 6.92 Å². The molecule has 0 unspecified atom stereocenters. The number of benzene rings is 1. The molecule has 2 aliphatic rings. The molecule has 0 aliphatic carbocycles. The molecule has 1 aromatic carbocycles. The molecule has 2 heterocycles. The number of amides is 2. The van der Waals surface area contributed by atoms with Crippen molar-refractivity contribution in [3.05, 3.63) is 24.3 Å². The van der Waals surface area contributed by atoms with E-state index in [2.05, 4.69) is 10.2 Å². The van der Waals surface area contributed by atoms with Gasteiger partial charge in [-0.2, -0.15) is 0 Å². The molecular weight excluding hydrogens is 322 g/mol. The van der Waals surface area contributed by atoms with Crippen molar-refractivity contribution in [1.29, 1.82) is 0 Å². The highest BCUT2D eigenvalue weighted by atomic mass is 16.6. The summed E-state index contributed by atoms with van der Waals surface area (Å²) in [6, 6.07) is 7.58. The first kappa shape index (κ1) is 17.8. The number of ether oxygens (including phenoxy) is 3. The Labute approximate surface area is 148 Å². The lowest BCUT2D eigenvalue weighted by Gasteiger charge is -2.32. The van der Waals surface area contributed by atoms with Gasteiger partial charge < -0.3 is 24.4 Å². The SMILES string of the molecule is C[C@H](CN1CCOCC1)NC(=O)N(C)C[C@H]1COc2ccccc2O1. The van der Waals surface area contributed by atoms with Gasteiger partial charge in [0.2, 0.25) is 0 Å². The molecule has 0 radical (unpaired) electrons. The van der Waals surface area contributed by atoms with Crippen LogP contribution in [-0.2, 0) is 4.74 Å². The number of fused-ring (bicyclic) bond motifs is 1. The molecule has 7 nitrogen and oxygen atoms in total. The summed E-state index contributed by atoms with van der Waals surface area (Å²) in [7, 11) is 1.78. The van der Waals surface area contributed by atoms with Crippen molar-refractivity contribution < 1.29 is 19.0 Å². The van der Waals surface area contributed by atoms with Crippen LogP contribution in [0.2, 0.25) is 0 Å². The van der Waals surface area contributed by atoms with Crippen molar-refractivity contribution in [1.82, 2.24) is 15.1 Å². The zero-order valence-corrected chi connectivity index (χ0v) is 14.9. The van der Waals surface area contributed by atoms with Crippen LogP contribution in [0, 0.1) is 0 Å². The van der Waals surface area contributed by atoms with Crippen molar-refractivity contribution in [3.8, 4) is 11.5 Å². The Kier molecular flexibility index (Phi) is 5.99. The van der Waals surface area contributed by atoms with Crippen LogP contribution in [0.25, 0.3) is 0 Å². The van der Waals surface area contributed by atoms with Crippen molar-refractivity contribution in [2.75, 3.05) is 53.0 Å². The van der Waals surface area contributed by atoms with E-state index in [1.54, 1.807) is 11.9 Å². The Morgan fingerprint density at radius 1 is 1.32 bits per heavy atom. The van der Waals surface area contributed by atoms with Crippen LogP contribution in [0.3, 0.4) is 0 Å². The molecule has 0 bridgehead atoms. The minimum Gasteiger partial charge on any atom is -0.486 e. The normalized spacial score (nSPS) is 21.4. The second-order valence-electron chi connectivity index (χ2n) is 6.64. The maximum Gasteiger partial charge on any atom is 0.317 e. The molecule has 1 N–H and O–H groups in total. The van der Waals surface area contributed by atoms with Crippen LogP contribution < -0.4 is 14.8 Å². The van der Waals surface area contributed by atoms with E-state index in [-0.39, 0.29) is 18.2 Å². The van der Waals surface area contributed by atoms with Gasteiger partial charge in [-0.15, -0.1) is 0 Å². The van der Waals surface area contributed by atoms with E-state index < -0.39 is 0 Å². The average Bonchev–Trinajstić information content (AvgIpc) is 2.62. The summed E-state index contributed by atoms with van der Waals surface area (Å²) in [6.45, 7) is 7.15. The number of hydrogen-bond acceptors (Lipinski definition) is 5. The molecule has 3 rings (SSSR count). The molecule has 1 saturated heterocycles. The summed E-state index contributed by atoms with van der Waals surface area (Å²) in [5.41, 5.74) is 0. The fourth-order valence-electron chi connectivity index (χ4n) is 3.08. The van der Waals surface area contributed by atoms with E-state index in [0.717, 1.165) is 44.3 Å². The van der Waals surface area contributed by atoms with Gasteiger partial charge in [0.25, 0.3) is 0 Å². The molecule has 0 saturated carbocycles. The number of urea groups is 1. The molecule has 2 aliphatic heterocycles. The number of rotatable bonds is 5. The number of likely N-dealkylation sites (N-methyl/N-ethyl adjacent to an activating group) is 1. The van der Waals surface area contributed by atoms with Crippen LogP contribution in [0.5, 0.6) is 11.5 Å². The van der Waals surface area contributed by atoms with Crippen LogP contribution in [0.4, 0.5) is 4.79 Å². The highest BCUT2D eigenvalue weighted by Crippen LogP contribution is 2.30. The average molecular weight is 349 g/mol. The van der Waals surface area contributed by atoms with E-state index in [4.69, 9.17) is 14.2 Å². The summed E-state index contributed by atoms with van der Waals surface area (Å²) in [5, 5.41) is 3.04. The molecular formula is C18H27N3O4. The molecule has 1 aromatic rings. The lowest BCUT2D eigenvalue weighted by atomic mass is 10.2. The van der Waals surface area contributed by atoms with E-state index >= 15 is 0 Å². The summed E-state index contributed by atoms with van der Waals surface area (Å²) >= 11 is 0. The molecule has 2 atom stereocenters. The zero-order valence-electron chi connectivity index (χ0n) is 14.9. The van der Waals surface area contributed by atoms with Crippen LogP contribution in [-0.4, -0.2) is 81.0 Å². The first-order valence-corrected chi connectivity index (χ1v) is 8.82. The first-order chi connectivity index (χ1) is 12.1. The highest BCUT2D eigenvalue weighted by Gasteiger charge is 2.24. The quantitative estimate of drug-likeness (QED) is 0.865. The lowest BCUT2D eigenvalue weighted by Crippen LogP contribution is -2.51. The minimum atomic E-state index is -0.166. The maximum atomic E-state index is 12.4. The van der Waals surface area contributed by atoms with Gasteiger partial charge in [0.05, 0.1) is 19.8 Å². The Bertz CT molecular complexity index is 577. The zero-order chi connectivity index (χ0) is 17.6. The Morgan fingerprint density at radius 2 is 2.04 bits per heavy atom. The predicted molar refractivity (Wildman–Crippen MR) is 94.2 cm³/mol. The van der Waals surface area contributed by atoms with Gasteiger partial charge in [0.15, 0.2) is 17.6 Å². The van der Waals surface area contributed by atoms with E-state index in [1.807, 2.05) is 31.2 Å². The lowest BCUT2D eigenvalue weighted by molar-refractivity contribution is 0.0344. The Hall–Kier alpha value is -1.99. The smallest absolute Gasteiger partial charge is 0.317 e. The first-order valence-electron chi connectivity index (χ1n) is 8.82. The third kappa shape index (κ3) is 4.99. The van der Waals surface area contributed by atoms with Gasteiger partial charge in [0.1, 0.15) is 6.61 Å². The summed E-state index contributed by atoms with van der Waals surface area (Å²) in [6.07, 6.45) is -0.166. The number of morpholine rings is 1. The number of para-hydroxylation sites is 2. The van der Waals surface area contributed by atoms with Gasteiger partial charge in [-0.05, 0) is 19.1 Å². The minimum absolute atomic E-state index is 0.0808. The van der Waals surface area contributed by atoms with Gasteiger partial charge in [-0.3, -0.25) is 4.90 Å². The van der Waals surface area contributed by atoms with Gasteiger partial charge in [-0.1, -0.05) is 12.1 Å². The van der Waals surface area contributed by atoms with Crippen molar-refractivity contribution in [2.45, 2.75) is 19.1 Å². The third-order valence-corrected chi connectivity index (χ3v) is 4.40. The number of nitrogens with one attached hydrogen (secondary N) is 1. The second-order valence-corrected chi connectivity index (χ2v) is 6.64. The van der Waals surface area contributed by atoms with Crippen LogP contribution >= 0.6 is 0 Å². The van der Waals surface area contributed by atoms with E-state index in [9.17, 15) is 4.79 Å². The molecule has 7 heteroatoms. The number of nitrogens with zero attached hydrogens (tertiary/aromatic N) is 2. The molecule has 25 heavy (non-hydrogen) atoms. The fourth-order valence-corrected chi connectivity index (χ4v) is 3.08. The van der Waals surface area contributed by atoms with Crippen LogP contribution in [0.15, 0.2) is 24.3 Å². The molecule has 2 amide bonds. The Morgan fingerprint density at radius 3 is 2.80 bits per heavy atom. The summed E-state index contributed by atoms with van der Waals surface area (Å²) < 4.78 is 17.0. The molecule has 138 valence electrons. The van der Waals surface area contributed by atoms with Gasteiger partial charge >= 0.3 is 6.03 Å². The monoisotopic (exact) mass is 349 g/mol. The maximum absolute atomic E-state index is 12.4. The number of carbonyl (C=O) groups excluding carboxylic acids is 1. The third-order valence-electron chi connectivity index (χ3n) is 4.40. The number of hydrogen-bond donors (Lipinski definition) is 1. The second kappa shape index (κ2) is 8.40. The van der Waals surface area contributed by atoms with E-state index in [0.29, 0.717) is 13.2 Å². The van der Waals surface area contributed by atoms with E-state index in [1.165, 1.54) is 0 Å². The molecule has 0 aromatic heterocycles. The van der Waals surface area contributed by atoms with Crippen molar-refractivity contribution in [3.63, 3.8) is 0 Å². The number of carbonyl (C=O) groups is 1. The summed E-state index contributed by atoms with van der Waals surface area (Å²) in [4.78, 5) is 16.3. The largest absolute Gasteiger partial charge is 0.486 e. The summed E-state index contributed by atoms with van der Waals surface area (Å²) in [5.74, 6) is 1.48.